The molecule has 0 fully saturated rings. The highest BCUT2D eigenvalue weighted by Gasteiger charge is 2.30. The van der Waals surface area contributed by atoms with Crippen molar-refractivity contribution in [1.82, 2.24) is 5.01 Å². The summed E-state index contributed by atoms with van der Waals surface area (Å²) in [5.74, 6) is 1.34. The molecule has 8 heteroatoms. The maximum Gasteiger partial charge on any atom is 0.302 e. The highest BCUT2D eigenvalue weighted by Crippen LogP contribution is 2.34. The number of nitrogens with one attached hydrogen (secondary N) is 1. The molecule has 2 aromatic carbocycles. The summed E-state index contributed by atoms with van der Waals surface area (Å²) in [6.45, 7) is 6.92. The van der Waals surface area contributed by atoms with Crippen LogP contribution in [-0.4, -0.2) is 40.8 Å². The van der Waals surface area contributed by atoms with E-state index in [0.29, 0.717) is 31.1 Å². The number of rotatable bonds is 11. The lowest BCUT2D eigenvalue weighted by Crippen LogP contribution is -2.34. The summed E-state index contributed by atoms with van der Waals surface area (Å²) in [5.41, 5.74) is 3.44. The Hall–Kier alpha value is -3.00. The topological polar surface area (TPSA) is 80.2 Å². The number of methoxy groups -OCH3 is 1. The number of benzene rings is 2. The zero-order valence-electron chi connectivity index (χ0n) is 20.3. The molecule has 7 nitrogen and oxygen atoms in total. The van der Waals surface area contributed by atoms with Crippen molar-refractivity contribution in [3.63, 3.8) is 0 Å². The van der Waals surface area contributed by atoms with Gasteiger partial charge in [0.05, 0.1) is 31.2 Å². The van der Waals surface area contributed by atoms with Crippen molar-refractivity contribution in [2.24, 2.45) is 5.10 Å². The summed E-state index contributed by atoms with van der Waals surface area (Å²) in [4.78, 5) is 24.8. The van der Waals surface area contributed by atoms with E-state index in [1.807, 2.05) is 49.4 Å². The van der Waals surface area contributed by atoms with Gasteiger partial charge in [-0.15, -0.1) is 0 Å². The van der Waals surface area contributed by atoms with E-state index in [9.17, 15) is 9.59 Å². The molecule has 0 saturated heterocycles. The smallest absolute Gasteiger partial charge is 0.302 e. The standard InChI is InChI=1S/C26H33N3O4S/c1-5-8-9-24(30)27-20-13-10-18(11-14-20)17-29-26(31)34-23(6-2)25(28-29)19-12-15-21(32-4)22(16-19)33-7-3/h10-16,23H,5-9,17H2,1-4H3,(H,27,30). The van der Waals surface area contributed by atoms with E-state index in [0.717, 1.165) is 41.8 Å². The van der Waals surface area contributed by atoms with Crippen LogP contribution in [0.4, 0.5) is 10.5 Å². The molecule has 0 saturated carbocycles. The van der Waals surface area contributed by atoms with Gasteiger partial charge in [-0.3, -0.25) is 9.59 Å². The van der Waals surface area contributed by atoms with Gasteiger partial charge in [0.2, 0.25) is 5.91 Å². The highest BCUT2D eigenvalue weighted by molar-refractivity contribution is 8.14. The molecule has 1 N–H and O–H groups in total. The molecular weight excluding hydrogens is 450 g/mol. The van der Waals surface area contributed by atoms with Crippen LogP contribution in [-0.2, 0) is 11.3 Å². The third-order valence-electron chi connectivity index (χ3n) is 5.44. The van der Waals surface area contributed by atoms with Crippen LogP contribution < -0.4 is 14.8 Å². The van der Waals surface area contributed by atoms with Crippen molar-refractivity contribution < 1.29 is 19.1 Å². The molecule has 3 rings (SSSR count). The number of amides is 2. The Morgan fingerprint density at radius 1 is 1.12 bits per heavy atom. The van der Waals surface area contributed by atoms with Crippen molar-refractivity contribution in [3.05, 3.63) is 53.6 Å². The SMILES string of the molecule is CCCCC(=O)Nc1ccc(CN2N=C(c3ccc(OC)c(OCC)c3)C(CC)SC2=O)cc1. The van der Waals surface area contributed by atoms with Gasteiger partial charge in [-0.25, -0.2) is 5.01 Å². The minimum absolute atomic E-state index is 0.0166. The van der Waals surface area contributed by atoms with E-state index < -0.39 is 0 Å². The Labute approximate surface area is 205 Å². The van der Waals surface area contributed by atoms with Crippen molar-refractivity contribution in [2.45, 2.75) is 58.2 Å². The first-order valence-corrected chi connectivity index (χ1v) is 12.6. The summed E-state index contributed by atoms with van der Waals surface area (Å²) in [6.07, 6.45) is 3.16. The Bertz CT molecular complexity index is 1020. The number of hydrazone groups is 1. The van der Waals surface area contributed by atoms with E-state index in [2.05, 4.69) is 19.2 Å². The summed E-state index contributed by atoms with van der Waals surface area (Å²) < 4.78 is 11.1. The van der Waals surface area contributed by atoms with Gasteiger partial charge in [0.15, 0.2) is 11.5 Å². The van der Waals surface area contributed by atoms with Gasteiger partial charge in [0.25, 0.3) is 0 Å². The predicted molar refractivity (Wildman–Crippen MR) is 138 cm³/mol. The molecule has 1 aliphatic heterocycles. The van der Waals surface area contributed by atoms with Crippen LogP contribution in [0.2, 0.25) is 0 Å². The molecule has 1 atom stereocenters. The van der Waals surface area contributed by atoms with Gasteiger partial charge in [-0.1, -0.05) is 44.2 Å². The average Bonchev–Trinajstić information content (AvgIpc) is 2.85. The monoisotopic (exact) mass is 483 g/mol. The van der Waals surface area contributed by atoms with Crippen molar-refractivity contribution >= 4 is 34.3 Å². The fraction of sp³-hybridized carbons (Fsp3) is 0.423. The van der Waals surface area contributed by atoms with Gasteiger partial charge < -0.3 is 14.8 Å². The molecule has 0 aliphatic carbocycles. The molecule has 2 amide bonds. The molecular formula is C26H33N3O4S. The van der Waals surface area contributed by atoms with Crippen LogP contribution >= 0.6 is 11.8 Å². The molecule has 0 aromatic heterocycles. The normalized spacial score (nSPS) is 15.6. The number of carbonyl (C=O) groups is 2. The zero-order chi connectivity index (χ0) is 24.5. The Balaban J connectivity index is 1.79. The molecule has 2 aromatic rings. The summed E-state index contributed by atoms with van der Waals surface area (Å²) in [5, 5.41) is 9.06. The number of carbonyl (C=O) groups excluding carboxylic acids is 2. The van der Waals surface area contributed by atoms with E-state index in [4.69, 9.17) is 14.6 Å². The third kappa shape index (κ3) is 6.53. The molecule has 0 bridgehead atoms. The largest absolute Gasteiger partial charge is 0.493 e. The average molecular weight is 484 g/mol. The van der Waals surface area contributed by atoms with E-state index in [1.54, 1.807) is 7.11 Å². The van der Waals surface area contributed by atoms with Crippen LogP contribution in [0.25, 0.3) is 0 Å². The second-order valence-electron chi connectivity index (χ2n) is 7.97. The van der Waals surface area contributed by atoms with Crippen molar-refractivity contribution in [2.75, 3.05) is 19.0 Å². The van der Waals surface area contributed by atoms with Crippen LogP contribution in [0, 0.1) is 0 Å². The number of thioether (sulfide) groups is 1. The van der Waals surface area contributed by atoms with Gasteiger partial charge >= 0.3 is 5.24 Å². The molecule has 0 spiro atoms. The van der Waals surface area contributed by atoms with E-state index in [-0.39, 0.29) is 16.4 Å². The highest BCUT2D eigenvalue weighted by atomic mass is 32.2. The van der Waals surface area contributed by atoms with Gasteiger partial charge in [0.1, 0.15) is 0 Å². The quantitative estimate of drug-likeness (QED) is 0.419. The second-order valence-corrected chi connectivity index (χ2v) is 9.12. The second kappa shape index (κ2) is 12.5. The number of anilines is 1. The molecule has 182 valence electrons. The van der Waals surface area contributed by atoms with Crippen molar-refractivity contribution in [1.29, 1.82) is 0 Å². The van der Waals surface area contributed by atoms with Crippen LogP contribution in [0.3, 0.4) is 0 Å². The number of nitrogens with zero attached hydrogens (tertiary/aromatic N) is 2. The summed E-state index contributed by atoms with van der Waals surface area (Å²) in [6, 6.07) is 13.3. The van der Waals surface area contributed by atoms with Crippen LogP contribution in [0.1, 0.15) is 57.6 Å². The fourth-order valence-corrected chi connectivity index (χ4v) is 4.56. The Morgan fingerprint density at radius 3 is 2.53 bits per heavy atom. The van der Waals surface area contributed by atoms with E-state index >= 15 is 0 Å². The number of hydrogen-bond donors (Lipinski definition) is 1. The Kier molecular flexibility index (Phi) is 9.39. The van der Waals surface area contributed by atoms with E-state index in [1.165, 1.54) is 16.8 Å². The first kappa shape index (κ1) is 25.6. The minimum atomic E-state index is -0.0777. The fourth-order valence-electron chi connectivity index (χ4n) is 3.63. The van der Waals surface area contributed by atoms with Crippen LogP contribution in [0.15, 0.2) is 47.6 Å². The number of ether oxygens (including phenoxy) is 2. The number of unbranched alkanes of at least 4 members (excludes halogenated alkanes) is 1. The Morgan fingerprint density at radius 2 is 1.88 bits per heavy atom. The first-order valence-electron chi connectivity index (χ1n) is 11.8. The third-order valence-corrected chi connectivity index (χ3v) is 6.70. The number of hydrogen-bond acceptors (Lipinski definition) is 6. The first-order chi connectivity index (χ1) is 16.5. The zero-order valence-corrected chi connectivity index (χ0v) is 21.1. The summed E-state index contributed by atoms with van der Waals surface area (Å²) >= 11 is 1.29. The van der Waals surface area contributed by atoms with Gasteiger partial charge in [0, 0.05) is 17.7 Å². The summed E-state index contributed by atoms with van der Waals surface area (Å²) in [7, 11) is 1.61. The molecule has 1 aliphatic rings. The minimum Gasteiger partial charge on any atom is -0.493 e. The lowest BCUT2D eigenvalue weighted by Gasteiger charge is -2.28. The maximum absolute atomic E-state index is 12.8. The predicted octanol–water partition coefficient (Wildman–Crippen LogP) is 6.07. The molecule has 0 radical (unpaired) electrons. The van der Waals surface area contributed by atoms with Gasteiger partial charge in [-0.2, -0.15) is 5.10 Å². The molecule has 1 unspecified atom stereocenters. The van der Waals surface area contributed by atoms with Gasteiger partial charge in [-0.05, 0) is 55.7 Å². The lowest BCUT2D eigenvalue weighted by molar-refractivity contribution is -0.116. The maximum atomic E-state index is 12.8. The molecule has 1 heterocycles. The lowest BCUT2D eigenvalue weighted by atomic mass is 10.0. The molecule has 34 heavy (non-hydrogen) atoms. The van der Waals surface area contributed by atoms with Crippen LogP contribution in [0.5, 0.6) is 11.5 Å². The van der Waals surface area contributed by atoms with Crippen molar-refractivity contribution in [3.8, 4) is 11.5 Å².